The van der Waals surface area contributed by atoms with E-state index in [0.717, 1.165) is 6.42 Å². The molecule has 4 heteroatoms. The molecule has 0 unspecified atom stereocenters. The van der Waals surface area contributed by atoms with Crippen molar-refractivity contribution < 1.29 is 28.3 Å². The van der Waals surface area contributed by atoms with Crippen LogP contribution in [0.3, 0.4) is 0 Å². The molecule has 0 saturated heterocycles. The van der Waals surface area contributed by atoms with Crippen molar-refractivity contribution in [3.05, 3.63) is 21.5 Å². The van der Waals surface area contributed by atoms with Gasteiger partial charge in [-0.25, -0.2) is 0 Å². The van der Waals surface area contributed by atoms with E-state index in [1.165, 1.54) is 3.28 Å². The van der Waals surface area contributed by atoms with Crippen molar-refractivity contribution in [2.45, 2.75) is 6.42 Å². The third-order valence-electron chi connectivity index (χ3n) is 1.40. The minimum absolute atomic E-state index is 0. The molecule has 0 aromatic carbocycles. The minimum atomic E-state index is -1.98. The molecule has 0 N–H and O–H groups in total. The van der Waals surface area contributed by atoms with Crippen molar-refractivity contribution >= 4 is 12.4 Å². The number of hydrogen-bond acceptors (Lipinski definition) is 2. The molecule has 0 bridgehead atoms. The molecule has 1 rings (SSSR count). The van der Waals surface area contributed by atoms with E-state index in [-0.39, 0.29) is 12.4 Å². The molecular formula is C7H12ClO2Zr. The third kappa shape index (κ3) is 3.20. The summed E-state index contributed by atoms with van der Waals surface area (Å²) in [5.74, 6) is 0. The molecule has 1 aliphatic carbocycles. The van der Waals surface area contributed by atoms with Gasteiger partial charge in [-0.3, -0.25) is 0 Å². The van der Waals surface area contributed by atoms with Crippen LogP contribution in [0, 0.1) is 0 Å². The quantitative estimate of drug-likeness (QED) is 0.767. The maximum Gasteiger partial charge on any atom is -0.147 e. The van der Waals surface area contributed by atoms with Gasteiger partial charge in [-0.1, -0.05) is 0 Å². The van der Waals surface area contributed by atoms with Crippen molar-refractivity contribution in [1.82, 2.24) is 0 Å². The molecule has 1 aliphatic rings. The van der Waals surface area contributed by atoms with Crippen LogP contribution in [0.1, 0.15) is 6.42 Å². The van der Waals surface area contributed by atoms with E-state index < -0.39 is 22.6 Å². The van der Waals surface area contributed by atoms with Gasteiger partial charge in [-0.05, 0) is 0 Å². The van der Waals surface area contributed by atoms with Crippen LogP contribution in [-0.4, -0.2) is 14.2 Å². The summed E-state index contributed by atoms with van der Waals surface area (Å²) in [6, 6.07) is 0. The van der Waals surface area contributed by atoms with Gasteiger partial charge in [0.15, 0.2) is 0 Å². The molecule has 0 heterocycles. The Morgan fingerprint density at radius 1 is 1.36 bits per heavy atom. The predicted molar refractivity (Wildman–Crippen MR) is 43.1 cm³/mol. The van der Waals surface area contributed by atoms with Crippen LogP contribution in [0.2, 0.25) is 0 Å². The fourth-order valence-corrected chi connectivity index (χ4v) is 3.91. The smallest absolute Gasteiger partial charge is 0.147 e. The summed E-state index contributed by atoms with van der Waals surface area (Å²) in [7, 11) is 3.47. The van der Waals surface area contributed by atoms with Crippen LogP contribution in [0.15, 0.2) is 21.5 Å². The topological polar surface area (TPSA) is 18.5 Å². The van der Waals surface area contributed by atoms with Crippen LogP contribution in [0.5, 0.6) is 0 Å². The Morgan fingerprint density at radius 3 is 2.36 bits per heavy atom. The Bertz CT molecular complexity index is 164. The average Bonchev–Trinajstić information content (AvgIpc) is 2.43. The van der Waals surface area contributed by atoms with E-state index in [2.05, 4.69) is 18.2 Å². The van der Waals surface area contributed by atoms with Gasteiger partial charge in [-0.15, -0.1) is 12.4 Å². The van der Waals surface area contributed by atoms with E-state index in [1.54, 1.807) is 14.2 Å². The summed E-state index contributed by atoms with van der Waals surface area (Å²) in [4.78, 5) is 0. The van der Waals surface area contributed by atoms with Crippen LogP contribution < -0.4 is 0 Å². The first kappa shape index (κ1) is 11.6. The first-order valence-corrected chi connectivity index (χ1v) is 6.43. The molecule has 0 radical (unpaired) electrons. The molecule has 2 nitrogen and oxygen atoms in total. The molecule has 0 atom stereocenters. The molecule has 0 fully saturated rings. The zero-order valence-electron chi connectivity index (χ0n) is 6.66. The Kier molecular flexibility index (Phi) is 6.45. The first-order chi connectivity index (χ1) is 4.88. The van der Waals surface area contributed by atoms with Crippen LogP contribution >= 0.6 is 12.4 Å². The summed E-state index contributed by atoms with van der Waals surface area (Å²) in [6.07, 6.45) is 7.35. The summed E-state index contributed by atoms with van der Waals surface area (Å²) in [5, 5.41) is 0. The van der Waals surface area contributed by atoms with Crippen molar-refractivity contribution in [3.8, 4) is 0 Å². The largest absolute Gasteiger partial charge is 0.147 e. The Labute approximate surface area is 82.6 Å². The SMILES string of the molecule is C[O][Zr]([O]C)[C]1=CC=CC1.Cl. The van der Waals surface area contributed by atoms with Gasteiger partial charge in [0.1, 0.15) is 0 Å². The second-order valence-corrected chi connectivity index (χ2v) is 7.02. The van der Waals surface area contributed by atoms with Gasteiger partial charge in [0.05, 0.1) is 0 Å². The van der Waals surface area contributed by atoms with Crippen molar-refractivity contribution in [3.63, 3.8) is 0 Å². The van der Waals surface area contributed by atoms with Crippen LogP contribution in [0.4, 0.5) is 0 Å². The molecule has 63 valence electrons. The zero-order chi connectivity index (χ0) is 7.40. The molecule has 11 heavy (non-hydrogen) atoms. The molecule has 0 saturated carbocycles. The van der Waals surface area contributed by atoms with Crippen LogP contribution in [-0.2, 0) is 28.3 Å². The molecule has 0 aromatic rings. The summed E-state index contributed by atoms with van der Waals surface area (Å²) < 4.78 is 11.9. The van der Waals surface area contributed by atoms with E-state index in [9.17, 15) is 0 Å². The van der Waals surface area contributed by atoms with E-state index >= 15 is 0 Å². The summed E-state index contributed by atoms with van der Waals surface area (Å²) >= 11 is -1.98. The van der Waals surface area contributed by atoms with Crippen LogP contribution in [0.25, 0.3) is 0 Å². The fourth-order valence-electron chi connectivity index (χ4n) is 0.944. The van der Waals surface area contributed by atoms with Gasteiger partial charge in [0.2, 0.25) is 0 Å². The summed E-state index contributed by atoms with van der Waals surface area (Å²) in [6.45, 7) is 0. The first-order valence-electron chi connectivity index (χ1n) is 3.19. The second-order valence-electron chi connectivity index (χ2n) is 2.02. The molecule has 0 spiro atoms. The second kappa shape index (κ2) is 6.13. The predicted octanol–water partition coefficient (Wildman–Crippen LogP) is 1.99. The van der Waals surface area contributed by atoms with E-state index in [0.29, 0.717) is 0 Å². The van der Waals surface area contributed by atoms with Gasteiger partial charge >= 0.3 is 70.4 Å². The molecule has 0 amide bonds. The standard InChI is InChI=1S/C5H5.2CH3O.ClH.Zr/c1-2-4-5-3-1;2*1-2;;/h1-3H,4H2;2*1H3;1H;/q;2*-1;;+2. The van der Waals surface area contributed by atoms with Crippen molar-refractivity contribution in [2.24, 2.45) is 0 Å². The molecule has 0 aromatic heterocycles. The maximum absolute atomic E-state index is 5.25. The third-order valence-corrected chi connectivity index (χ3v) is 5.43. The van der Waals surface area contributed by atoms with Gasteiger partial charge in [-0.2, -0.15) is 0 Å². The van der Waals surface area contributed by atoms with E-state index in [1.807, 2.05) is 0 Å². The number of hydrogen-bond donors (Lipinski definition) is 0. The van der Waals surface area contributed by atoms with E-state index in [4.69, 9.17) is 5.63 Å². The fraction of sp³-hybridized carbons (Fsp3) is 0.429. The van der Waals surface area contributed by atoms with Gasteiger partial charge in [0, 0.05) is 0 Å². The Balaban J connectivity index is 0.000001000. The molecular weight excluding hydrogens is 243 g/mol. The van der Waals surface area contributed by atoms with Crippen molar-refractivity contribution in [1.29, 1.82) is 0 Å². The normalized spacial score (nSPS) is 14.2. The monoisotopic (exact) mass is 253 g/mol. The summed E-state index contributed by atoms with van der Waals surface area (Å²) in [5.41, 5.74) is 0. The maximum atomic E-state index is 5.25. The number of rotatable bonds is 3. The Hall–Kier alpha value is 0.573. The van der Waals surface area contributed by atoms with Gasteiger partial charge < -0.3 is 0 Å². The average molecular weight is 255 g/mol. The number of halogens is 1. The van der Waals surface area contributed by atoms with Crippen molar-refractivity contribution in [2.75, 3.05) is 14.2 Å². The van der Waals surface area contributed by atoms with Gasteiger partial charge in [0.25, 0.3) is 0 Å². The number of allylic oxidation sites excluding steroid dienone is 4. The minimum Gasteiger partial charge on any atom is -0.147 e. The zero-order valence-corrected chi connectivity index (χ0v) is 9.94. The molecule has 0 aliphatic heterocycles. The Morgan fingerprint density at radius 2 is 2.00 bits per heavy atom.